The van der Waals surface area contributed by atoms with Crippen LogP contribution in [0, 0.1) is 0 Å². The van der Waals surface area contributed by atoms with Crippen molar-refractivity contribution in [1.82, 2.24) is 4.90 Å². The molecule has 0 saturated carbocycles. The molecule has 0 bridgehead atoms. The molecule has 0 N–H and O–H groups in total. The first kappa shape index (κ1) is 10.3. The fraction of sp³-hybridized carbons (Fsp3) is 0.750. The zero-order valence-electron chi connectivity index (χ0n) is 7.46. The lowest BCUT2D eigenvalue weighted by molar-refractivity contribution is -0.141. The van der Waals surface area contributed by atoms with Crippen molar-refractivity contribution in [3.05, 3.63) is 0 Å². The molecule has 1 amide bonds. The summed E-state index contributed by atoms with van der Waals surface area (Å²) < 4.78 is 4.45. The van der Waals surface area contributed by atoms with E-state index < -0.39 is 5.50 Å². The Morgan fingerprint density at radius 1 is 1.77 bits per heavy atom. The van der Waals surface area contributed by atoms with Gasteiger partial charge in [0.05, 0.1) is 13.5 Å². The Hall–Kier alpha value is -0.770. The Balaban J connectivity index is 2.42. The summed E-state index contributed by atoms with van der Waals surface area (Å²) in [5.41, 5.74) is -0.553. The summed E-state index contributed by atoms with van der Waals surface area (Å²) in [6, 6.07) is 0. The molecule has 0 spiro atoms. The van der Waals surface area contributed by atoms with E-state index in [4.69, 9.17) is 11.6 Å². The molecular weight excluding hydrogens is 194 g/mol. The van der Waals surface area contributed by atoms with E-state index in [2.05, 4.69) is 4.74 Å². The van der Waals surface area contributed by atoms with Crippen LogP contribution in [-0.2, 0) is 14.3 Å². The van der Waals surface area contributed by atoms with Gasteiger partial charge in [-0.1, -0.05) is 11.6 Å². The third-order valence-corrected chi connectivity index (χ3v) is 2.40. The molecule has 1 rings (SSSR count). The Bertz CT molecular complexity index is 219. The Morgan fingerprint density at radius 3 is 2.92 bits per heavy atom. The van der Waals surface area contributed by atoms with Crippen LogP contribution in [0.5, 0.6) is 0 Å². The van der Waals surface area contributed by atoms with Gasteiger partial charge in [0, 0.05) is 13.0 Å². The Labute approximate surface area is 81.8 Å². The quantitative estimate of drug-likeness (QED) is 0.388. The second-order valence-corrected chi connectivity index (χ2v) is 3.41. The van der Waals surface area contributed by atoms with Crippen LogP contribution < -0.4 is 0 Å². The number of rotatable bonds is 3. The molecule has 1 unspecified atom stereocenters. The molecule has 13 heavy (non-hydrogen) atoms. The van der Waals surface area contributed by atoms with E-state index >= 15 is 0 Å². The molecule has 1 aliphatic rings. The topological polar surface area (TPSA) is 46.6 Å². The maximum Gasteiger partial charge on any atom is 0.308 e. The first-order chi connectivity index (χ1) is 6.15. The number of ether oxygens (including phenoxy) is 1. The molecule has 0 aromatic rings. The van der Waals surface area contributed by atoms with Crippen molar-refractivity contribution in [2.75, 3.05) is 13.7 Å². The third kappa shape index (κ3) is 2.59. The highest BCUT2D eigenvalue weighted by molar-refractivity contribution is 6.22. The lowest BCUT2D eigenvalue weighted by atomic mass is 10.4. The highest BCUT2D eigenvalue weighted by atomic mass is 35.5. The fourth-order valence-electron chi connectivity index (χ4n) is 1.30. The number of halogens is 1. The third-order valence-electron chi connectivity index (χ3n) is 2.01. The van der Waals surface area contributed by atoms with Gasteiger partial charge in [-0.2, -0.15) is 0 Å². The lowest BCUT2D eigenvalue weighted by Crippen LogP contribution is -2.34. The summed E-state index contributed by atoms with van der Waals surface area (Å²) >= 11 is 5.86. The second-order valence-electron chi connectivity index (χ2n) is 2.91. The summed E-state index contributed by atoms with van der Waals surface area (Å²) in [5, 5.41) is 0. The van der Waals surface area contributed by atoms with Crippen LogP contribution in [0.1, 0.15) is 19.3 Å². The van der Waals surface area contributed by atoms with E-state index in [9.17, 15) is 9.59 Å². The van der Waals surface area contributed by atoms with Crippen molar-refractivity contribution in [2.24, 2.45) is 0 Å². The molecule has 74 valence electrons. The average Bonchev–Trinajstić information content (AvgIpc) is 2.51. The highest BCUT2D eigenvalue weighted by Gasteiger charge is 2.27. The molecule has 1 atom stereocenters. The van der Waals surface area contributed by atoms with Crippen molar-refractivity contribution in [1.29, 1.82) is 0 Å². The van der Waals surface area contributed by atoms with Crippen molar-refractivity contribution >= 4 is 23.5 Å². The van der Waals surface area contributed by atoms with E-state index in [0.29, 0.717) is 13.0 Å². The molecule has 0 radical (unpaired) electrons. The van der Waals surface area contributed by atoms with Gasteiger partial charge in [0.2, 0.25) is 5.91 Å². The highest BCUT2D eigenvalue weighted by Crippen LogP contribution is 2.18. The number of nitrogens with zero attached hydrogens (tertiary/aromatic N) is 1. The van der Waals surface area contributed by atoms with Crippen LogP contribution in [0.25, 0.3) is 0 Å². The summed E-state index contributed by atoms with van der Waals surface area (Å²) in [6.07, 6.45) is 1.41. The summed E-state index contributed by atoms with van der Waals surface area (Å²) in [6.45, 7) is 0.643. The van der Waals surface area contributed by atoms with Crippen LogP contribution in [0.3, 0.4) is 0 Å². The van der Waals surface area contributed by atoms with Gasteiger partial charge in [-0.3, -0.25) is 9.59 Å². The van der Waals surface area contributed by atoms with E-state index in [1.165, 1.54) is 12.0 Å². The first-order valence-electron chi connectivity index (χ1n) is 4.15. The fourth-order valence-corrected chi connectivity index (χ4v) is 1.63. The largest absolute Gasteiger partial charge is 0.469 e. The van der Waals surface area contributed by atoms with Gasteiger partial charge in [0.15, 0.2) is 0 Å². The number of carbonyl (C=O) groups is 2. The summed E-state index contributed by atoms with van der Waals surface area (Å²) in [7, 11) is 1.30. The number of hydrogen-bond acceptors (Lipinski definition) is 3. The minimum absolute atomic E-state index is 0.0175. The van der Waals surface area contributed by atoms with Crippen LogP contribution in [0.15, 0.2) is 0 Å². The number of carbonyl (C=O) groups excluding carboxylic acids is 2. The van der Waals surface area contributed by atoms with Crippen molar-refractivity contribution in [3.63, 3.8) is 0 Å². The average molecular weight is 206 g/mol. The van der Waals surface area contributed by atoms with Gasteiger partial charge in [-0.15, -0.1) is 0 Å². The van der Waals surface area contributed by atoms with Crippen LogP contribution in [0.4, 0.5) is 0 Å². The van der Waals surface area contributed by atoms with Gasteiger partial charge >= 0.3 is 5.97 Å². The number of likely N-dealkylation sites (tertiary alicyclic amines) is 1. The first-order valence-corrected chi connectivity index (χ1v) is 4.59. The lowest BCUT2D eigenvalue weighted by Gasteiger charge is -2.20. The van der Waals surface area contributed by atoms with E-state index in [0.717, 1.165) is 6.42 Å². The summed E-state index contributed by atoms with van der Waals surface area (Å²) in [4.78, 5) is 23.5. The number of amides is 1. The maximum absolute atomic E-state index is 11.2. The molecule has 1 aliphatic heterocycles. The standard InChI is InChI=1S/C8H12ClNO3/c1-13-8(12)5-6(9)10-4-2-3-7(10)11/h6H,2-5H2,1H3. The molecule has 0 aromatic carbocycles. The number of hydrogen-bond donors (Lipinski definition) is 0. The van der Waals surface area contributed by atoms with Crippen LogP contribution in [0.2, 0.25) is 0 Å². The maximum atomic E-state index is 11.2. The zero-order valence-corrected chi connectivity index (χ0v) is 8.21. The monoisotopic (exact) mass is 205 g/mol. The van der Waals surface area contributed by atoms with Crippen molar-refractivity contribution in [2.45, 2.75) is 24.8 Å². The van der Waals surface area contributed by atoms with Crippen LogP contribution >= 0.6 is 11.6 Å². The number of methoxy groups -OCH3 is 1. The molecule has 4 nitrogen and oxygen atoms in total. The van der Waals surface area contributed by atoms with E-state index in [-0.39, 0.29) is 18.3 Å². The number of esters is 1. The van der Waals surface area contributed by atoms with E-state index in [1.54, 1.807) is 0 Å². The Morgan fingerprint density at radius 2 is 2.46 bits per heavy atom. The van der Waals surface area contributed by atoms with Crippen molar-refractivity contribution in [3.8, 4) is 0 Å². The molecule has 1 heterocycles. The van der Waals surface area contributed by atoms with Gasteiger partial charge in [0.25, 0.3) is 0 Å². The summed E-state index contributed by atoms with van der Waals surface area (Å²) in [5.74, 6) is -0.372. The molecule has 5 heteroatoms. The van der Waals surface area contributed by atoms with E-state index in [1.807, 2.05) is 0 Å². The molecule has 1 saturated heterocycles. The van der Waals surface area contributed by atoms with Gasteiger partial charge in [-0.05, 0) is 6.42 Å². The van der Waals surface area contributed by atoms with Gasteiger partial charge in [-0.25, -0.2) is 0 Å². The Kier molecular flexibility index (Phi) is 3.54. The predicted molar refractivity (Wildman–Crippen MR) is 47.2 cm³/mol. The van der Waals surface area contributed by atoms with Gasteiger partial charge < -0.3 is 9.64 Å². The van der Waals surface area contributed by atoms with Crippen LogP contribution in [-0.4, -0.2) is 35.9 Å². The predicted octanol–water partition coefficient (Wildman–Crippen LogP) is 0.737. The second kappa shape index (κ2) is 4.46. The SMILES string of the molecule is COC(=O)CC(Cl)N1CCCC1=O. The molecular formula is C8H12ClNO3. The minimum Gasteiger partial charge on any atom is -0.469 e. The molecule has 1 fully saturated rings. The number of alkyl halides is 1. The smallest absolute Gasteiger partial charge is 0.308 e. The van der Waals surface area contributed by atoms with Gasteiger partial charge in [0.1, 0.15) is 5.50 Å². The minimum atomic E-state index is -0.553. The normalized spacial score (nSPS) is 18.9. The molecule has 0 aromatic heterocycles. The molecule has 0 aliphatic carbocycles. The van der Waals surface area contributed by atoms with Crippen molar-refractivity contribution < 1.29 is 14.3 Å². The zero-order chi connectivity index (χ0) is 9.84.